The maximum atomic E-state index is 10.8. The summed E-state index contributed by atoms with van der Waals surface area (Å²) < 4.78 is 0. The number of azide groups is 1. The number of aromatic nitrogens is 1. The van der Waals surface area contributed by atoms with Crippen molar-refractivity contribution in [3.8, 4) is 0 Å². The van der Waals surface area contributed by atoms with E-state index in [0.29, 0.717) is 5.69 Å². The number of aromatic amines is 1. The van der Waals surface area contributed by atoms with E-state index in [0.717, 1.165) is 0 Å². The molecule has 0 saturated heterocycles. The Hall–Kier alpha value is -2.00. The van der Waals surface area contributed by atoms with Crippen LogP contribution in [-0.2, 0) is 0 Å². The minimum Gasteiger partial charge on any atom is -0.361 e. The Kier molecular flexibility index (Phi) is 3.35. The molecule has 1 N–H and O–H groups in total. The number of rotatable bonds is 3. The van der Waals surface area contributed by atoms with Crippen LogP contribution in [-0.4, -0.2) is 11.5 Å². The predicted molar refractivity (Wildman–Crippen MR) is 50.1 cm³/mol. The Morgan fingerprint density at radius 3 is 3.23 bits per heavy atom. The molecule has 0 unspecified atom stereocenters. The standard InChI is InChI=1S/C8H8N4O/c9-12-11-4-1-2-7-6-8(13)3-5-10-7/h1-3,5-6H,4H2,(H,10,13). The lowest BCUT2D eigenvalue weighted by Gasteiger charge is -1.89. The van der Waals surface area contributed by atoms with E-state index in [2.05, 4.69) is 15.0 Å². The average Bonchev–Trinajstić information content (AvgIpc) is 2.13. The molecule has 0 radical (unpaired) electrons. The van der Waals surface area contributed by atoms with Gasteiger partial charge in [-0.2, -0.15) is 0 Å². The molecular formula is C8H8N4O. The monoisotopic (exact) mass is 176 g/mol. The molecule has 0 amide bonds. The minimum absolute atomic E-state index is 0.0535. The quantitative estimate of drug-likeness (QED) is 0.424. The van der Waals surface area contributed by atoms with Crippen LogP contribution in [0.4, 0.5) is 0 Å². The van der Waals surface area contributed by atoms with E-state index in [1.807, 2.05) is 0 Å². The molecule has 5 heteroatoms. The van der Waals surface area contributed by atoms with Crippen LogP contribution in [0.25, 0.3) is 16.5 Å². The minimum atomic E-state index is -0.0535. The van der Waals surface area contributed by atoms with Gasteiger partial charge in [-0.25, -0.2) is 0 Å². The third kappa shape index (κ3) is 3.27. The highest BCUT2D eigenvalue weighted by atomic mass is 16.1. The molecule has 5 nitrogen and oxygen atoms in total. The number of hydrogen-bond donors (Lipinski definition) is 1. The third-order valence-corrected chi connectivity index (χ3v) is 1.34. The van der Waals surface area contributed by atoms with Gasteiger partial charge >= 0.3 is 0 Å². The maximum absolute atomic E-state index is 10.8. The van der Waals surface area contributed by atoms with Crippen molar-refractivity contribution >= 4 is 6.08 Å². The van der Waals surface area contributed by atoms with Crippen molar-refractivity contribution in [1.82, 2.24) is 4.98 Å². The highest BCUT2D eigenvalue weighted by molar-refractivity contribution is 5.43. The Morgan fingerprint density at radius 1 is 1.69 bits per heavy atom. The number of H-pyrrole nitrogens is 1. The van der Waals surface area contributed by atoms with Gasteiger partial charge in [-0.05, 0) is 11.6 Å². The summed E-state index contributed by atoms with van der Waals surface area (Å²) in [4.78, 5) is 16.3. The molecule has 0 bridgehead atoms. The van der Waals surface area contributed by atoms with E-state index in [-0.39, 0.29) is 12.0 Å². The zero-order valence-electron chi connectivity index (χ0n) is 6.84. The van der Waals surface area contributed by atoms with Gasteiger partial charge in [-0.15, -0.1) is 0 Å². The largest absolute Gasteiger partial charge is 0.361 e. The molecule has 1 rings (SSSR count). The van der Waals surface area contributed by atoms with Gasteiger partial charge in [-0.3, -0.25) is 4.79 Å². The van der Waals surface area contributed by atoms with Gasteiger partial charge in [0.15, 0.2) is 5.43 Å². The lowest BCUT2D eigenvalue weighted by molar-refractivity contribution is 1.21. The molecule has 0 spiro atoms. The fourth-order valence-electron chi connectivity index (χ4n) is 0.823. The first kappa shape index (κ1) is 9.09. The fraction of sp³-hybridized carbons (Fsp3) is 0.125. The van der Waals surface area contributed by atoms with E-state index >= 15 is 0 Å². The molecule has 0 aliphatic carbocycles. The topological polar surface area (TPSA) is 81.6 Å². The van der Waals surface area contributed by atoms with E-state index in [9.17, 15) is 4.79 Å². The zero-order chi connectivity index (χ0) is 9.52. The van der Waals surface area contributed by atoms with Crippen LogP contribution in [0.2, 0.25) is 0 Å². The zero-order valence-corrected chi connectivity index (χ0v) is 6.84. The van der Waals surface area contributed by atoms with Crippen LogP contribution >= 0.6 is 0 Å². The summed E-state index contributed by atoms with van der Waals surface area (Å²) in [6.07, 6.45) is 4.93. The average molecular weight is 176 g/mol. The van der Waals surface area contributed by atoms with Gasteiger partial charge in [0.25, 0.3) is 0 Å². The second kappa shape index (κ2) is 4.79. The Labute approximate surface area is 74.4 Å². The first-order valence-electron chi connectivity index (χ1n) is 3.69. The van der Waals surface area contributed by atoms with E-state index in [4.69, 9.17) is 5.53 Å². The van der Waals surface area contributed by atoms with Gasteiger partial charge in [0.1, 0.15) is 0 Å². The van der Waals surface area contributed by atoms with Crippen LogP contribution in [0, 0.1) is 0 Å². The van der Waals surface area contributed by atoms with Crippen LogP contribution in [0.1, 0.15) is 5.69 Å². The number of pyridine rings is 1. The molecule has 0 atom stereocenters. The van der Waals surface area contributed by atoms with Crippen molar-refractivity contribution in [3.63, 3.8) is 0 Å². The number of hydrogen-bond acceptors (Lipinski definition) is 2. The molecular weight excluding hydrogens is 168 g/mol. The summed E-state index contributed by atoms with van der Waals surface area (Å²) in [6, 6.07) is 2.90. The summed E-state index contributed by atoms with van der Waals surface area (Å²) >= 11 is 0. The lowest BCUT2D eigenvalue weighted by atomic mass is 10.3. The molecule has 0 aliphatic heterocycles. The van der Waals surface area contributed by atoms with Crippen molar-refractivity contribution in [3.05, 3.63) is 50.8 Å². The van der Waals surface area contributed by atoms with Gasteiger partial charge in [0.2, 0.25) is 0 Å². The highest BCUT2D eigenvalue weighted by Crippen LogP contribution is 1.92. The van der Waals surface area contributed by atoms with Crippen LogP contribution in [0.5, 0.6) is 0 Å². The SMILES string of the molecule is [N-]=[N+]=NCC=Cc1cc(=O)cc[nH]1. The smallest absolute Gasteiger partial charge is 0.182 e. The Morgan fingerprint density at radius 2 is 2.54 bits per heavy atom. The van der Waals surface area contributed by atoms with E-state index < -0.39 is 0 Å². The third-order valence-electron chi connectivity index (χ3n) is 1.34. The van der Waals surface area contributed by atoms with Crippen molar-refractivity contribution in [2.75, 3.05) is 6.54 Å². The first-order chi connectivity index (χ1) is 6.33. The molecule has 1 heterocycles. The van der Waals surface area contributed by atoms with E-state index in [1.165, 1.54) is 12.1 Å². The second-order valence-corrected chi connectivity index (χ2v) is 2.30. The molecule has 0 fully saturated rings. The number of nitrogens with zero attached hydrogens (tertiary/aromatic N) is 3. The van der Waals surface area contributed by atoms with Crippen LogP contribution in [0.3, 0.4) is 0 Å². The lowest BCUT2D eigenvalue weighted by Crippen LogP contribution is -1.97. The van der Waals surface area contributed by atoms with Gasteiger partial charge in [-0.1, -0.05) is 11.2 Å². The summed E-state index contributed by atoms with van der Waals surface area (Å²) in [5, 5.41) is 3.31. The van der Waals surface area contributed by atoms with Crippen molar-refractivity contribution < 1.29 is 0 Å². The van der Waals surface area contributed by atoms with Gasteiger partial charge in [0.05, 0.1) is 0 Å². The van der Waals surface area contributed by atoms with Crippen molar-refractivity contribution in [2.45, 2.75) is 0 Å². The molecule has 1 aromatic heterocycles. The Balaban J connectivity index is 2.68. The predicted octanol–water partition coefficient (Wildman–Crippen LogP) is 1.70. The molecule has 0 aliphatic rings. The van der Waals surface area contributed by atoms with Crippen molar-refractivity contribution in [1.29, 1.82) is 0 Å². The molecule has 1 aromatic rings. The van der Waals surface area contributed by atoms with Gasteiger partial charge < -0.3 is 4.98 Å². The number of nitrogens with one attached hydrogen (secondary N) is 1. The maximum Gasteiger partial charge on any atom is 0.182 e. The van der Waals surface area contributed by atoms with E-state index in [1.54, 1.807) is 18.3 Å². The summed E-state index contributed by atoms with van der Waals surface area (Å²) in [7, 11) is 0. The summed E-state index contributed by atoms with van der Waals surface area (Å²) in [5.74, 6) is 0. The normalized spacial score (nSPS) is 9.85. The summed E-state index contributed by atoms with van der Waals surface area (Å²) in [6.45, 7) is 0.285. The molecule has 13 heavy (non-hydrogen) atoms. The second-order valence-electron chi connectivity index (χ2n) is 2.30. The van der Waals surface area contributed by atoms with Gasteiger partial charge in [0, 0.05) is 35.5 Å². The van der Waals surface area contributed by atoms with Crippen LogP contribution < -0.4 is 5.43 Å². The highest BCUT2D eigenvalue weighted by Gasteiger charge is 1.85. The molecule has 0 aromatic carbocycles. The first-order valence-corrected chi connectivity index (χ1v) is 3.69. The molecule has 0 saturated carbocycles. The molecule has 66 valence electrons. The Bertz CT molecular complexity index is 401. The fourth-order valence-corrected chi connectivity index (χ4v) is 0.823. The summed E-state index contributed by atoms with van der Waals surface area (Å²) in [5.41, 5.74) is 8.62. The van der Waals surface area contributed by atoms with Crippen LogP contribution in [0.15, 0.2) is 34.3 Å². The van der Waals surface area contributed by atoms with Crippen molar-refractivity contribution in [2.24, 2.45) is 5.11 Å².